The highest BCUT2D eigenvalue weighted by Crippen LogP contribution is 2.34. The van der Waals surface area contributed by atoms with Gasteiger partial charge in [-0.05, 0) is 45.2 Å². The first kappa shape index (κ1) is 15.7. The minimum Gasteiger partial charge on any atom is -0.396 e. The minimum atomic E-state index is -0.208. The Labute approximate surface area is 126 Å². The van der Waals surface area contributed by atoms with E-state index in [2.05, 4.69) is 24.9 Å². The molecule has 0 unspecified atom stereocenters. The first-order valence-corrected chi connectivity index (χ1v) is 7.51. The number of likely N-dealkylation sites (tertiary alicyclic amines) is 1. The molecule has 1 aliphatic heterocycles. The third kappa shape index (κ3) is 3.91. The summed E-state index contributed by atoms with van der Waals surface area (Å²) in [6.07, 6.45) is 6.50. The van der Waals surface area contributed by atoms with Gasteiger partial charge >= 0.3 is 0 Å². The minimum absolute atomic E-state index is 0.0367. The summed E-state index contributed by atoms with van der Waals surface area (Å²) in [5, 5.41) is 9.84. The van der Waals surface area contributed by atoms with Crippen molar-refractivity contribution in [2.75, 3.05) is 19.7 Å². The van der Waals surface area contributed by atoms with Gasteiger partial charge in [0.1, 0.15) is 5.69 Å². The van der Waals surface area contributed by atoms with Gasteiger partial charge in [0.25, 0.3) is 5.91 Å². The predicted octanol–water partition coefficient (Wildman–Crippen LogP) is 2.65. The van der Waals surface area contributed by atoms with Gasteiger partial charge in [-0.3, -0.25) is 9.78 Å². The van der Waals surface area contributed by atoms with Crippen molar-refractivity contribution in [1.29, 1.82) is 0 Å². The van der Waals surface area contributed by atoms with E-state index >= 15 is 0 Å². The number of carbonyl (C=O) groups excluding carboxylic acids is 1. The smallest absolute Gasteiger partial charge is 0.272 e. The van der Waals surface area contributed by atoms with Gasteiger partial charge in [-0.15, -0.1) is 0 Å². The summed E-state index contributed by atoms with van der Waals surface area (Å²) in [4.78, 5) is 18.5. The fourth-order valence-corrected chi connectivity index (χ4v) is 2.81. The molecule has 1 N–H and O–H groups in total. The topological polar surface area (TPSA) is 53.4 Å². The number of amides is 1. The van der Waals surface area contributed by atoms with Crippen molar-refractivity contribution < 1.29 is 9.90 Å². The molecule has 1 saturated heterocycles. The lowest BCUT2D eigenvalue weighted by Crippen LogP contribution is -2.47. The number of aliphatic hydroxyl groups excluding tert-OH is 1. The van der Waals surface area contributed by atoms with E-state index in [9.17, 15) is 9.90 Å². The molecule has 2 heterocycles. The number of allylic oxidation sites excluding steroid dienone is 2. The van der Waals surface area contributed by atoms with E-state index in [-0.39, 0.29) is 17.9 Å². The van der Waals surface area contributed by atoms with Gasteiger partial charge in [-0.25, -0.2) is 0 Å². The van der Waals surface area contributed by atoms with Crippen LogP contribution in [0.4, 0.5) is 0 Å². The molecular weight excluding hydrogens is 264 g/mol. The zero-order valence-electron chi connectivity index (χ0n) is 12.9. The van der Waals surface area contributed by atoms with E-state index in [1.165, 1.54) is 5.57 Å². The summed E-state index contributed by atoms with van der Waals surface area (Å²) < 4.78 is 0. The standard InChI is InChI=1S/C17H24N2O2/c1-14(2)7-9-17(13-20)8-5-11-19(12-17)16(21)15-6-3-4-10-18-15/h3-4,6-7,10,20H,5,8-9,11-13H2,1-2H3/t17-/m1/s1. The van der Waals surface area contributed by atoms with Crippen LogP contribution in [0.2, 0.25) is 0 Å². The number of carbonyl (C=O) groups is 1. The van der Waals surface area contributed by atoms with E-state index in [0.29, 0.717) is 12.2 Å². The SMILES string of the molecule is CC(C)=CC[C@]1(CO)CCCN(C(=O)c2ccccn2)C1. The summed E-state index contributed by atoms with van der Waals surface area (Å²) >= 11 is 0. The zero-order chi connectivity index (χ0) is 15.3. The molecule has 21 heavy (non-hydrogen) atoms. The zero-order valence-corrected chi connectivity index (χ0v) is 12.9. The Morgan fingerprint density at radius 2 is 2.29 bits per heavy atom. The molecule has 1 aromatic heterocycles. The molecule has 0 saturated carbocycles. The number of piperidine rings is 1. The second-order valence-electron chi connectivity index (χ2n) is 6.19. The van der Waals surface area contributed by atoms with Gasteiger partial charge in [-0.1, -0.05) is 17.7 Å². The molecular formula is C17H24N2O2. The quantitative estimate of drug-likeness (QED) is 0.867. The molecule has 0 aliphatic carbocycles. The maximum absolute atomic E-state index is 12.5. The number of hydrogen-bond acceptors (Lipinski definition) is 3. The van der Waals surface area contributed by atoms with Crippen molar-refractivity contribution in [3.05, 3.63) is 41.7 Å². The largest absolute Gasteiger partial charge is 0.396 e. The van der Waals surface area contributed by atoms with Crippen LogP contribution in [-0.2, 0) is 0 Å². The predicted molar refractivity (Wildman–Crippen MR) is 82.9 cm³/mol. The van der Waals surface area contributed by atoms with Crippen molar-refractivity contribution in [3.8, 4) is 0 Å². The summed E-state index contributed by atoms with van der Waals surface area (Å²) in [5.41, 5.74) is 1.52. The number of nitrogens with zero attached hydrogens (tertiary/aromatic N) is 2. The summed E-state index contributed by atoms with van der Waals surface area (Å²) in [5.74, 6) is -0.0367. The van der Waals surface area contributed by atoms with Crippen LogP contribution in [0.15, 0.2) is 36.0 Å². The van der Waals surface area contributed by atoms with Crippen LogP contribution in [0.1, 0.15) is 43.6 Å². The Morgan fingerprint density at radius 1 is 1.48 bits per heavy atom. The molecule has 0 aromatic carbocycles. The van der Waals surface area contributed by atoms with Gasteiger partial charge in [0.15, 0.2) is 0 Å². The first-order valence-electron chi connectivity index (χ1n) is 7.51. The molecule has 0 spiro atoms. The van der Waals surface area contributed by atoms with Crippen molar-refractivity contribution in [2.45, 2.75) is 33.1 Å². The van der Waals surface area contributed by atoms with Gasteiger partial charge in [0.2, 0.25) is 0 Å². The third-order valence-corrected chi connectivity index (χ3v) is 4.11. The molecule has 4 heteroatoms. The lowest BCUT2D eigenvalue weighted by molar-refractivity contribution is 0.0280. The molecule has 4 nitrogen and oxygen atoms in total. The molecule has 114 valence electrons. The van der Waals surface area contributed by atoms with Crippen LogP contribution >= 0.6 is 0 Å². The lowest BCUT2D eigenvalue weighted by Gasteiger charge is -2.41. The van der Waals surface area contributed by atoms with Crippen molar-refractivity contribution >= 4 is 5.91 Å². The fourth-order valence-electron chi connectivity index (χ4n) is 2.81. The van der Waals surface area contributed by atoms with Gasteiger partial charge < -0.3 is 10.0 Å². The molecule has 0 bridgehead atoms. The summed E-state index contributed by atoms with van der Waals surface area (Å²) in [6.45, 7) is 5.58. The number of aromatic nitrogens is 1. The molecule has 1 aromatic rings. The highest BCUT2D eigenvalue weighted by molar-refractivity contribution is 5.92. The van der Waals surface area contributed by atoms with Gasteiger partial charge in [0.05, 0.1) is 6.61 Å². The van der Waals surface area contributed by atoms with E-state index in [1.54, 1.807) is 18.3 Å². The third-order valence-electron chi connectivity index (χ3n) is 4.11. The molecule has 1 aliphatic rings. The van der Waals surface area contributed by atoms with Crippen LogP contribution in [-0.4, -0.2) is 40.6 Å². The van der Waals surface area contributed by atoms with Crippen molar-refractivity contribution in [2.24, 2.45) is 5.41 Å². The van der Waals surface area contributed by atoms with Gasteiger partial charge in [-0.2, -0.15) is 0 Å². The van der Waals surface area contributed by atoms with Crippen LogP contribution in [0, 0.1) is 5.41 Å². The van der Waals surface area contributed by atoms with E-state index in [0.717, 1.165) is 25.8 Å². The van der Waals surface area contributed by atoms with E-state index < -0.39 is 0 Å². The monoisotopic (exact) mass is 288 g/mol. The number of pyridine rings is 1. The molecule has 1 amide bonds. The normalized spacial score (nSPS) is 22.0. The molecule has 1 atom stereocenters. The Morgan fingerprint density at radius 3 is 2.90 bits per heavy atom. The van der Waals surface area contributed by atoms with Crippen LogP contribution in [0.5, 0.6) is 0 Å². The Kier molecular flexibility index (Phi) is 5.12. The highest BCUT2D eigenvalue weighted by atomic mass is 16.3. The summed E-state index contributed by atoms with van der Waals surface area (Å²) in [7, 11) is 0. The second-order valence-corrected chi connectivity index (χ2v) is 6.19. The lowest BCUT2D eigenvalue weighted by atomic mass is 9.77. The number of aliphatic hydroxyl groups is 1. The Balaban J connectivity index is 2.12. The molecule has 0 radical (unpaired) electrons. The van der Waals surface area contributed by atoms with E-state index in [4.69, 9.17) is 0 Å². The number of rotatable bonds is 4. The fraction of sp³-hybridized carbons (Fsp3) is 0.529. The van der Waals surface area contributed by atoms with E-state index in [1.807, 2.05) is 11.0 Å². The van der Waals surface area contributed by atoms with Crippen molar-refractivity contribution in [1.82, 2.24) is 9.88 Å². The average Bonchev–Trinajstić information content (AvgIpc) is 2.53. The first-order chi connectivity index (χ1) is 10.1. The highest BCUT2D eigenvalue weighted by Gasteiger charge is 2.36. The molecule has 1 fully saturated rings. The Bertz CT molecular complexity index is 509. The van der Waals surface area contributed by atoms with Crippen LogP contribution in [0.25, 0.3) is 0 Å². The average molecular weight is 288 g/mol. The summed E-state index contributed by atoms with van der Waals surface area (Å²) in [6, 6.07) is 5.38. The van der Waals surface area contributed by atoms with Gasteiger partial charge in [0, 0.05) is 24.7 Å². The maximum Gasteiger partial charge on any atom is 0.272 e. The van der Waals surface area contributed by atoms with Crippen LogP contribution < -0.4 is 0 Å². The van der Waals surface area contributed by atoms with Crippen molar-refractivity contribution in [3.63, 3.8) is 0 Å². The second kappa shape index (κ2) is 6.85. The Hall–Kier alpha value is -1.68. The maximum atomic E-state index is 12.5. The molecule has 2 rings (SSSR count). The van der Waals surface area contributed by atoms with Crippen LogP contribution in [0.3, 0.4) is 0 Å². The number of hydrogen-bond donors (Lipinski definition) is 1.